The summed E-state index contributed by atoms with van der Waals surface area (Å²) in [6.45, 7) is 6.76. The Bertz CT molecular complexity index is 330. The second-order valence-corrected chi connectivity index (χ2v) is 6.64. The fraction of sp³-hybridized carbons (Fsp3) is 0.857. The first-order chi connectivity index (χ1) is 7.89. The molecule has 1 saturated heterocycles. The van der Waals surface area contributed by atoms with Crippen LogP contribution >= 0.6 is 0 Å². The summed E-state index contributed by atoms with van der Waals surface area (Å²) in [4.78, 5) is 23.2. The lowest BCUT2D eigenvalue weighted by molar-refractivity contribution is -0.127. The van der Waals surface area contributed by atoms with E-state index in [1.165, 1.54) is 19.3 Å². The molecule has 0 aromatic carbocycles. The Balaban J connectivity index is 2.17. The van der Waals surface area contributed by atoms with Gasteiger partial charge in [-0.25, -0.2) is 0 Å². The molecule has 1 heterocycles. The van der Waals surface area contributed by atoms with E-state index in [2.05, 4.69) is 26.1 Å². The molecule has 0 bridgehead atoms. The zero-order valence-electron chi connectivity index (χ0n) is 11.1. The molecule has 17 heavy (non-hydrogen) atoms. The summed E-state index contributed by atoms with van der Waals surface area (Å²) in [6.07, 6.45) is 5.19. The van der Waals surface area contributed by atoms with E-state index in [9.17, 15) is 9.59 Å². The lowest BCUT2D eigenvalue weighted by Crippen LogP contribution is -2.38. The standard InChI is InChI=1S/C14H23NO2/c1-14(2,3)11-7-5-4-6-9(11)10-8-12(16)15-13(10)17/h9-11H,4-8H2,1-3H3,(H,15,16,17). The van der Waals surface area contributed by atoms with Crippen molar-refractivity contribution in [2.45, 2.75) is 52.9 Å². The minimum absolute atomic E-state index is 0.0313. The number of carbonyl (C=O) groups excluding carboxylic acids is 2. The normalized spacial score (nSPS) is 34.9. The highest BCUT2D eigenvalue weighted by atomic mass is 16.2. The SMILES string of the molecule is CC(C)(C)C1CCCCC1C1CC(=O)NC1=O. The van der Waals surface area contributed by atoms with Crippen LogP contribution < -0.4 is 5.32 Å². The predicted molar refractivity (Wildman–Crippen MR) is 66.2 cm³/mol. The minimum Gasteiger partial charge on any atom is -0.296 e. The highest BCUT2D eigenvalue weighted by molar-refractivity contribution is 6.03. The van der Waals surface area contributed by atoms with Gasteiger partial charge in [-0.05, 0) is 30.1 Å². The van der Waals surface area contributed by atoms with Gasteiger partial charge in [0.25, 0.3) is 0 Å². The van der Waals surface area contributed by atoms with E-state index in [1.54, 1.807) is 0 Å². The quantitative estimate of drug-likeness (QED) is 0.712. The van der Waals surface area contributed by atoms with Gasteiger partial charge in [0.05, 0.1) is 5.92 Å². The molecule has 3 atom stereocenters. The van der Waals surface area contributed by atoms with Crippen molar-refractivity contribution in [1.29, 1.82) is 0 Å². The Labute approximate surface area is 103 Å². The van der Waals surface area contributed by atoms with E-state index in [4.69, 9.17) is 0 Å². The molecule has 1 aliphatic carbocycles. The number of hydrogen-bond acceptors (Lipinski definition) is 2. The van der Waals surface area contributed by atoms with Crippen molar-refractivity contribution in [3.63, 3.8) is 0 Å². The van der Waals surface area contributed by atoms with Crippen molar-refractivity contribution in [1.82, 2.24) is 5.32 Å². The van der Waals surface area contributed by atoms with E-state index >= 15 is 0 Å². The number of imide groups is 1. The van der Waals surface area contributed by atoms with E-state index < -0.39 is 0 Å². The zero-order valence-corrected chi connectivity index (χ0v) is 11.1. The highest BCUT2D eigenvalue weighted by Crippen LogP contribution is 2.46. The maximum atomic E-state index is 11.8. The summed E-state index contributed by atoms with van der Waals surface area (Å²) in [5, 5.41) is 2.46. The Morgan fingerprint density at radius 3 is 2.29 bits per heavy atom. The van der Waals surface area contributed by atoms with Crippen LogP contribution in [0.15, 0.2) is 0 Å². The number of hydrogen-bond donors (Lipinski definition) is 1. The second kappa shape index (κ2) is 4.43. The molecule has 2 amide bonds. The van der Waals surface area contributed by atoms with Crippen molar-refractivity contribution in [2.24, 2.45) is 23.2 Å². The fourth-order valence-electron chi connectivity index (χ4n) is 3.64. The summed E-state index contributed by atoms with van der Waals surface area (Å²) in [7, 11) is 0. The van der Waals surface area contributed by atoms with Crippen molar-refractivity contribution in [2.75, 3.05) is 0 Å². The summed E-state index contributed by atoms with van der Waals surface area (Å²) in [5.74, 6) is 0.787. The zero-order chi connectivity index (χ0) is 12.6. The molecule has 0 aromatic rings. The van der Waals surface area contributed by atoms with Gasteiger partial charge in [0, 0.05) is 6.42 Å². The molecule has 1 aliphatic heterocycles. The molecule has 1 N–H and O–H groups in total. The van der Waals surface area contributed by atoms with E-state index in [-0.39, 0.29) is 23.1 Å². The number of rotatable bonds is 1. The molecule has 0 spiro atoms. The van der Waals surface area contributed by atoms with Crippen LogP contribution in [-0.2, 0) is 9.59 Å². The Morgan fingerprint density at radius 2 is 1.76 bits per heavy atom. The molecule has 1 saturated carbocycles. The molecule has 2 aliphatic rings. The molecule has 3 heteroatoms. The second-order valence-electron chi connectivity index (χ2n) is 6.64. The van der Waals surface area contributed by atoms with Gasteiger partial charge in [0.2, 0.25) is 11.8 Å². The van der Waals surface area contributed by atoms with Crippen molar-refractivity contribution < 1.29 is 9.59 Å². The van der Waals surface area contributed by atoms with Crippen LogP contribution in [0, 0.1) is 23.2 Å². The topological polar surface area (TPSA) is 46.2 Å². The molecule has 2 fully saturated rings. The number of amides is 2. The van der Waals surface area contributed by atoms with Crippen molar-refractivity contribution in [3.05, 3.63) is 0 Å². The van der Waals surface area contributed by atoms with Gasteiger partial charge in [-0.1, -0.05) is 33.6 Å². The van der Waals surface area contributed by atoms with Gasteiger partial charge < -0.3 is 0 Å². The Kier molecular flexibility index (Phi) is 3.28. The maximum Gasteiger partial charge on any atom is 0.230 e. The summed E-state index contributed by atoms with van der Waals surface area (Å²) < 4.78 is 0. The molecule has 0 aromatic heterocycles. The number of carbonyl (C=O) groups is 2. The van der Waals surface area contributed by atoms with Crippen LogP contribution in [0.25, 0.3) is 0 Å². The smallest absolute Gasteiger partial charge is 0.230 e. The first-order valence-corrected chi connectivity index (χ1v) is 6.73. The van der Waals surface area contributed by atoms with Crippen LogP contribution in [0.4, 0.5) is 0 Å². The average molecular weight is 237 g/mol. The fourth-order valence-corrected chi connectivity index (χ4v) is 3.64. The lowest BCUT2D eigenvalue weighted by Gasteiger charge is -2.42. The van der Waals surface area contributed by atoms with Gasteiger partial charge in [-0.15, -0.1) is 0 Å². The van der Waals surface area contributed by atoms with E-state index in [0.717, 1.165) is 6.42 Å². The molecular formula is C14H23NO2. The molecule has 2 rings (SSSR count). The van der Waals surface area contributed by atoms with Gasteiger partial charge >= 0.3 is 0 Å². The average Bonchev–Trinajstić information content (AvgIpc) is 2.56. The Hall–Kier alpha value is -0.860. The molecular weight excluding hydrogens is 214 g/mol. The first kappa shape index (κ1) is 12.6. The summed E-state index contributed by atoms with van der Waals surface area (Å²) in [5.41, 5.74) is 0.233. The minimum atomic E-state index is -0.0850. The van der Waals surface area contributed by atoms with E-state index in [1.807, 2.05) is 0 Å². The number of nitrogens with one attached hydrogen (secondary N) is 1. The summed E-state index contributed by atoms with van der Waals surface area (Å²) >= 11 is 0. The molecule has 3 nitrogen and oxygen atoms in total. The largest absolute Gasteiger partial charge is 0.296 e. The molecule has 0 radical (unpaired) electrons. The van der Waals surface area contributed by atoms with Crippen LogP contribution in [0.1, 0.15) is 52.9 Å². The third-order valence-corrected chi connectivity index (χ3v) is 4.45. The highest BCUT2D eigenvalue weighted by Gasteiger charge is 2.44. The molecule has 3 unspecified atom stereocenters. The maximum absolute atomic E-state index is 11.8. The van der Waals surface area contributed by atoms with Crippen LogP contribution in [0.3, 0.4) is 0 Å². The predicted octanol–water partition coefficient (Wildman–Crippen LogP) is 2.50. The monoisotopic (exact) mass is 237 g/mol. The third-order valence-electron chi connectivity index (χ3n) is 4.45. The van der Waals surface area contributed by atoms with Gasteiger partial charge in [-0.3, -0.25) is 14.9 Å². The van der Waals surface area contributed by atoms with Gasteiger partial charge in [0.1, 0.15) is 0 Å². The van der Waals surface area contributed by atoms with Crippen LogP contribution in [0.5, 0.6) is 0 Å². The summed E-state index contributed by atoms with van der Waals surface area (Å²) in [6, 6.07) is 0. The van der Waals surface area contributed by atoms with E-state index in [0.29, 0.717) is 18.3 Å². The van der Waals surface area contributed by atoms with Gasteiger partial charge in [0.15, 0.2) is 0 Å². The first-order valence-electron chi connectivity index (χ1n) is 6.73. The lowest BCUT2D eigenvalue weighted by atomic mass is 9.62. The third kappa shape index (κ3) is 2.53. The van der Waals surface area contributed by atoms with Crippen molar-refractivity contribution >= 4 is 11.8 Å². The molecule has 96 valence electrons. The Morgan fingerprint density at radius 1 is 1.12 bits per heavy atom. The van der Waals surface area contributed by atoms with Crippen LogP contribution in [0.2, 0.25) is 0 Å². The van der Waals surface area contributed by atoms with Crippen molar-refractivity contribution in [3.8, 4) is 0 Å². The van der Waals surface area contributed by atoms with Gasteiger partial charge in [-0.2, -0.15) is 0 Å². The van der Waals surface area contributed by atoms with Crippen LogP contribution in [-0.4, -0.2) is 11.8 Å².